The largest absolute Gasteiger partial charge is 0.459 e. The molecule has 0 aliphatic carbocycles. The van der Waals surface area contributed by atoms with E-state index in [1.807, 2.05) is 0 Å². The number of rotatable bonds is 10. The molecule has 1 aliphatic heterocycles. The summed E-state index contributed by atoms with van der Waals surface area (Å²) in [6.45, 7) is 22.8. The number of nitrogens with zero attached hydrogens (tertiary/aromatic N) is 4. The van der Waals surface area contributed by atoms with Gasteiger partial charge in [0.2, 0.25) is 11.9 Å². The fourth-order valence-electron chi connectivity index (χ4n) is 4.74. The molecule has 47 heavy (non-hydrogen) atoms. The molecule has 2 aromatic heterocycles. The zero-order chi connectivity index (χ0) is 35.1. The van der Waals surface area contributed by atoms with E-state index in [2.05, 4.69) is 83.0 Å². The van der Waals surface area contributed by atoms with Gasteiger partial charge >= 0.3 is 0 Å². The first kappa shape index (κ1) is 36.3. The van der Waals surface area contributed by atoms with Crippen molar-refractivity contribution in [2.24, 2.45) is 0 Å². The highest BCUT2D eigenvalue weighted by atomic mass is 28.4. The second-order valence-electron chi connectivity index (χ2n) is 14.9. The molecule has 0 saturated carbocycles. The van der Waals surface area contributed by atoms with Gasteiger partial charge in [-0.3, -0.25) is 29.1 Å². The average Bonchev–Trinajstić information content (AvgIpc) is 3.52. The fourth-order valence-corrected chi connectivity index (χ4v) is 7.04. The second kappa shape index (κ2) is 13.2. The molecule has 1 aliphatic rings. The van der Waals surface area contributed by atoms with Crippen molar-refractivity contribution < 1.29 is 32.7 Å². The zero-order valence-corrected chi connectivity index (χ0v) is 31.1. The quantitative estimate of drug-likeness (QED) is 0.226. The van der Waals surface area contributed by atoms with Crippen LogP contribution in [0.25, 0.3) is 11.2 Å². The van der Waals surface area contributed by atoms with E-state index in [9.17, 15) is 19.2 Å². The molecule has 0 unspecified atom stereocenters. The lowest BCUT2D eigenvalue weighted by Crippen LogP contribution is -2.50. The molecule has 1 N–H and O–H groups in total. The van der Waals surface area contributed by atoms with E-state index >= 15 is 0 Å². The van der Waals surface area contributed by atoms with Crippen molar-refractivity contribution in [2.75, 3.05) is 11.9 Å². The molecule has 0 bridgehead atoms. The number of carbonyl (C=O) groups is 3. The molecule has 4 rings (SSSR count). The summed E-state index contributed by atoms with van der Waals surface area (Å²) >= 11 is 0. The Morgan fingerprint density at radius 2 is 1.62 bits per heavy atom. The lowest BCUT2D eigenvalue weighted by atomic mass is 10.1. The number of carbonyl (C=O) groups excluding carboxylic acids is 3. The minimum absolute atomic E-state index is 0.0560. The van der Waals surface area contributed by atoms with Crippen LogP contribution in [0.2, 0.25) is 36.3 Å². The number of fused-ring (bicyclic) bond motifs is 1. The van der Waals surface area contributed by atoms with E-state index in [1.54, 1.807) is 30.3 Å². The van der Waals surface area contributed by atoms with Gasteiger partial charge in [0.1, 0.15) is 12.2 Å². The number of amides is 1. The van der Waals surface area contributed by atoms with Crippen LogP contribution in [0, 0.1) is 0 Å². The number of ether oxygens (including phenoxy) is 2. The third kappa shape index (κ3) is 7.33. The summed E-state index contributed by atoms with van der Waals surface area (Å²) in [7, 11) is -4.75. The highest BCUT2D eigenvalue weighted by molar-refractivity contribution is 6.74. The van der Waals surface area contributed by atoms with Gasteiger partial charge in [0, 0.05) is 12.5 Å². The molecule has 1 saturated heterocycles. The summed E-state index contributed by atoms with van der Waals surface area (Å²) < 4.78 is 28.0. The van der Waals surface area contributed by atoms with Crippen molar-refractivity contribution in [3.05, 3.63) is 52.6 Å². The van der Waals surface area contributed by atoms with Gasteiger partial charge in [0.05, 0.1) is 12.9 Å². The Bertz CT molecular complexity index is 1690. The normalized spacial score (nSPS) is 20.7. The molecule has 3 heterocycles. The number of nitrogens with one attached hydrogen (secondary N) is 1. The lowest BCUT2D eigenvalue weighted by molar-refractivity contribution is -0.140. The average molecular weight is 686 g/mol. The van der Waals surface area contributed by atoms with Crippen LogP contribution in [0.3, 0.4) is 0 Å². The maximum Gasteiger partial charge on any atom is 0.293 e. The van der Waals surface area contributed by atoms with Crippen LogP contribution in [-0.2, 0) is 27.9 Å². The van der Waals surface area contributed by atoms with Crippen LogP contribution in [0.5, 0.6) is 0 Å². The zero-order valence-electron chi connectivity index (χ0n) is 29.1. The summed E-state index contributed by atoms with van der Waals surface area (Å²) in [4.78, 5) is 60.4. The van der Waals surface area contributed by atoms with Crippen LogP contribution >= 0.6 is 0 Å². The number of anilines is 1. The number of hydrogen-bond acceptors (Lipinski definition) is 10. The van der Waals surface area contributed by atoms with Crippen LogP contribution in [-0.4, -0.2) is 78.9 Å². The second-order valence-corrected chi connectivity index (χ2v) is 24.5. The van der Waals surface area contributed by atoms with E-state index in [4.69, 9.17) is 18.3 Å². The molecule has 1 aromatic carbocycles. The van der Waals surface area contributed by atoms with Crippen molar-refractivity contribution in [1.29, 1.82) is 0 Å². The molecule has 256 valence electrons. The third-order valence-corrected chi connectivity index (χ3v) is 18.5. The predicted molar refractivity (Wildman–Crippen MR) is 182 cm³/mol. The van der Waals surface area contributed by atoms with E-state index in [0.717, 1.165) is 4.57 Å². The Kier molecular flexibility index (Phi) is 10.2. The Morgan fingerprint density at radius 1 is 1.00 bits per heavy atom. The van der Waals surface area contributed by atoms with Crippen LogP contribution in [0.1, 0.15) is 65.1 Å². The summed E-state index contributed by atoms with van der Waals surface area (Å²) in [6.07, 6.45) is -1.98. The monoisotopic (exact) mass is 685 g/mol. The van der Waals surface area contributed by atoms with Crippen LogP contribution < -0.4 is 10.9 Å². The SMILES string of the molecule is CC(=O)Nc1nc2c(ncn2[C@@H]2O[C@H](CO[Si](C)(C)C(C)(C)C)[C@@H](OC=O)[C@H]2O[Si](C)(C)C(C)(C)C)c(=O)n1C(=O)c1ccccc1. The Morgan fingerprint density at radius 3 is 2.17 bits per heavy atom. The van der Waals surface area contributed by atoms with Gasteiger partial charge in [-0.1, -0.05) is 59.7 Å². The molecule has 3 aromatic rings. The summed E-state index contributed by atoms with van der Waals surface area (Å²) in [5.41, 5.74) is -0.612. The summed E-state index contributed by atoms with van der Waals surface area (Å²) in [5, 5.41) is 2.23. The molecule has 4 atom stereocenters. The highest BCUT2D eigenvalue weighted by Crippen LogP contribution is 2.44. The van der Waals surface area contributed by atoms with Crippen molar-refractivity contribution in [2.45, 2.75) is 109 Å². The minimum atomic E-state index is -2.52. The maximum absolute atomic E-state index is 13.9. The molecule has 1 amide bonds. The number of aromatic nitrogens is 4. The van der Waals surface area contributed by atoms with E-state index in [1.165, 1.54) is 17.8 Å². The van der Waals surface area contributed by atoms with Gasteiger partial charge in [-0.25, -0.2) is 9.55 Å². The van der Waals surface area contributed by atoms with Gasteiger partial charge in [0.15, 0.2) is 40.1 Å². The first-order chi connectivity index (χ1) is 21.7. The number of imidazole rings is 1. The van der Waals surface area contributed by atoms with Gasteiger partial charge in [-0.2, -0.15) is 4.98 Å². The van der Waals surface area contributed by atoms with E-state index in [0.29, 0.717) is 6.47 Å². The standard InChI is InChI=1S/C32H47N5O8Si2/c1-20(39)34-30-35-26-23(28(41)37(30)27(40)21-15-13-12-14-16-21)33-18-36(26)29-25(45-47(10,11)32(5,6)7)24(42-19-38)22(44-29)17-43-46(8,9)31(2,3)4/h12-16,18-19,22,24-25,29H,17H2,1-11H3,(H,34,35,39)/t22-,24-,25-,29-/m1/s1. The van der Waals surface area contributed by atoms with E-state index in [-0.39, 0.29) is 39.4 Å². The highest BCUT2D eigenvalue weighted by Gasteiger charge is 2.53. The third-order valence-electron chi connectivity index (χ3n) is 9.53. The summed E-state index contributed by atoms with van der Waals surface area (Å²) in [6, 6.07) is 8.19. The van der Waals surface area contributed by atoms with Crippen molar-refractivity contribution in [3.8, 4) is 0 Å². The molecule has 1 fully saturated rings. The predicted octanol–water partition coefficient (Wildman–Crippen LogP) is 5.09. The molecule has 13 nitrogen and oxygen atoms in total. The first-order valence-electron chi connectivity index (χ1n) is 15.6. The Balaban J connectivity index is 1.87. The smallest absolute Gasteiger partial charge is 0.293 e. The van der Waals surface area contributed by atoms with Gasteiger partial charge in [-0.15, -0.1) is 0 Å². The lowest BCUT2D eigenvalue weighted by Gasteiger charge is -2.40. The molecule has 0 spiro atoms. The van der Waals surface area contributed by atoms with Gasteiger partial charge in [-0.05, 0) is 48.4 Å². The summed E-state index contributed by atoms with van der Waals surface area (Å²) in [5.74, 6) is -1.48. The van der Waals surface area contributed by atoms with Gasteiger partial charge < -0.3 is 18.3 Å². The van der Waals surface area contributed by atoms with E-state index < -0.39 is 58.5 Å². The molecule has 15 heteroatoms. The van der Waals surface area contributed by atoms with Crippen molar-refractivity contribution in [1.82, 2.24) is 19.1 Å². The molecular formula is C32H47N5O8Si2. The van der Waals surface area contributed by atoms with Crippen LogP contribution in [0.4, 0.5) is 5.95 Å². The minimum Gasteiger partial charge on any atom is -0.459 e. The molecular weight excluding hydrogens is 639 g/mol. The number of hydrogen-bond donors (Lipinski definition) is 1. The van der Waals surface area contributed by atoms with Gasteiger partial charge in [0.25, 0.3) is 17.9 Å². The number of benzene rings is 1. The Labute approximate surface area is 277 Å². The van der Waals surface area contributed by atoms with Crippen LogP contribution in [0.15, 0.2) is 41.5 Å². The van der Waals surface area contributed by atoms with Crippen molar-refractivity contribution in [3.63, 3.8) is 0 Å². The fraction of sp³-hybridized carbons (Fsp3) is 0.562. The maximum atomic E-state index is 13.9. The first-order valence-corrected chi connectivity index (χ1v) is 21.4. The van der Waals surface area contributed by atoms with Crippen molar-refractivity contribution >= 4 is 52.0 Å². The molecule has 0 radical (unpaired) electrons. The Hall–Kier alpha value is -3.51. The topological polar surface area (TPSA) is 153 Å².